The molecule has 5 heteroatoms. The van der Waals surface area contributed by atoms with Gasteiger partial charge in [0.25, 0.3) is 0 Å². The van der Waals surface area contributed by atoms with Crippen molar-refractivity contribution in [2.24, 2.45) is 0 Å². The van der Waals surface area contributed by atoms with Crippen LogP contribution in [-0.2, 0) is 4.74 Å². The summed E-state index contributed by atoms with van der Waals surface area (Å²) in [5.74, 6) is -0.262. The maximum atomic E-state index is 11.6. The molecule has 3 nitrogen and oxygen atoms in total. The van der Waals surface area contributed by atoms with Gasteiger partial charge in [0.05, 0.1) is 12.2 Å². The van der Waals surface area contributed by atoms with E-state index >= 15 is 0 Å². The van der Waals surface area contributed by atoms with Crippen LogP contribution < -0.4 is 0 Å². The summed E-state index contributed by atoms with van der Waals surface area (Å²) in [6.45, 7) is 2.03. The molecule has 0 fully saturated rings. The number of carbonyl (C=O) groups is 2. The Labute approximate surface area is 113 Å². The fraction of sp³-hybridized carbons (Fsp3) is 0.333. The van der Waals surface area contributed by atoms with Gasteiger partial charge in [0.15, 0.2) is 5.78 Å². The maximum absolute atomic E-state index is 11.6. The predicted molar refractivity (Wildman–Crippen MR) is 69.8 cm³/mol. The second-order valence-corrected chi connectivity index (χ2v) is 4.51. The minimum atomic E-state index is -0.445. The summed E-state index contributed by atoms with van der Waals surface area (Å²) in [6, 6.07) is 4.84. The monoisotopic (exact) mass is 318 g/mol. The first-order chi connectivity index (χ1) is 8.10. The Hall–Kier alpha value is -0.870. The summed E-state index contributed by atoms with van der Waals surface area (Å²) in [6.07, 6.45) is 0.255. The first-order valence-electron chi connectivity index (χ1n) is 5.16. The molecule has 0 aromatic heterocycles. The van der Waals surface area contributed by atoms with Crippen molar-refractivity contribution in [3.8, 4) is 0 Å². The number of halogens is 2. The second-order valence-electron chi connectivity index (χ2n) is 3.28. The Kier molecular flexibility index (Phi) is 5.65. The van der Waals surface area contributed by atoms with Gasteiger partial charge in [-0.1, -0.05) is 6.07 Å². The standard InChI is InChI=1S/C12H12BrClO3/c1-2-17-12(16)9-7-8(3-4-10(9)13)11(15)5-6-14/h3-4,7H,2,5-6H2,1H3. The van der Waals surface area contributed by atoms with Gasteiger partial charge in [0, 0.05) is 22.3 Å². The molecule has 0 bridgehead atoms. The van der Waals surface area contributed by atoms with Crippen LogP contribution in [0.2, 0.25) is 0 Å². The number of ketones is 1. The number of esters is 1. The van der Waals surface area contributed by atoms with Gasteiger partial charge < -0.3 is 4.74 Å². The van der Waals surface area contributed by atoms with Crippen LogP contribution in [0.3, 0.4) is 0 Å². The average Bonchev–Trinajstić information content (AvgIpc) is 2.30. The molecule has 0 saturated carbocycles. The highest BCUT2D eigenvalue weighted by Gasteiger charge is 2.14. The van der Waals surface area contributed by atoms with Crippen molar-refractivity contribution in [3.63, 3.8) is 0 Å². The largest absolute Gasteiger partial charge is 0.462 e. The summed E-state index contributed by atoms with van der Waals surface area (Å²) in [5.41, 5.74) is 0.823. The summed E-state index contributed by atoms with van der Waals surface area (Å²) >= 11 is 8.76. The first kappa shape index (κ1) is 14.2. The molecule has 0 aliphatic carbocycles. The molecule has 92 valence electrons. The van der Waals surface area contributed by atoms with Gasteiger partial charge in [-0.25, -0.2) is 4.79 Å². The quantitative estimate of drug-likeness (QED) is 0.474. The van der Waals surface area contributed by atoms with Gasteiger partial charge >= 0.3 is 5.97 Å². The van der Waals surface area contributed by atoms with Crippen molar-refractivity contribution < 1.29 is 14.3 Å². The lowest BCUT2D eigenvalue weighted by Gasteiger charge is -2.06. The molecule has 0 aliphatic rings. The lowest BCUT2D eigenvalue weighted by atomic mass is 10.1. The molecular weight excluding hydrogens is 307 g/mol. The minimum Gasteiger partial charge on any atom is -0.462 e. The third-order valence-corrected chi connectivity index (χ3v) is 2.99. The smallest absolute Gasteiger partial charge is 0.339 e. The van der Waals surface area contributed by atoms with Crippen molar-refractivity contribution in [1.82, 2.24) is 0 Å². The molecule has 0 aliphatic heterocycles. The van der Waals surface area contributed by atoms with E-state index in [1.54, 1.807) is 19.1 Å². The van der Waals surface area contributed by atoms with Crippen LogP contribution in [0.25, 0.3) is 0 Å². The van der Waals surface area contributed by atoms with E-state index in [1.165, 1.54) is 6.07 Å². The molecular formula is C12H12BrClO3. The normalized spacial score (nSPS) is 10.1. The van der Waals surface area contributed by atoms with Crippen LogP contribution in [0.4, 0.5) is 0 Å². The van der Waals surface area contributed by atoms with Gasteiger partial charge in [0.2, 0.25) is 0 Å². The molecule has 17 heavy (non-hydrogen) atoms. The van der Waals surface area contributed by atoms with Crippen molar-refractivity contribution >= 4 is 39.3 Å². The SMILES string of the molecule is CCOC(=O)c1cc(C(=O)CCCl)ccc1Br. The van der Waals surface area contributed by atoms with Crippen molar-refractivity contribution in [1.29, 1.82) is 0 Å². The van der Waals surface area contributed by atoms with E-state index in [1.807, 2.05) is 0 Å². The van der Waals surface area contributed by atoms with Gasteiger partial charge in [-0.15, -0.1) is 11.6 Å². The maximum Gasteiger partial charge on any atom is 0.339 e. The topological polar surface area (TPSA) is 43.4 Å². The summed E-state index contributed by atoms with van der Waals surface area (Å²) < 4.78 is 5.51. The zero-order chi connectivity index (χ0) is 12.8. The van der Waals surface area contributed by atoms with E-state index in [0.29, 0.717) is 22.2 Å². The molecule has 0 unspecified atom stereocenters. The van der Waals surface area contributed by atoms with E-state index < -0.39 is 5.97 Å². The number of hydrogen-bond acceptors (Lipinski definition) is 3. The second kappa shape index (κ2) is 6.77. The number of Topliss-reactive ketones (excluding diaryl/α,β-unsaturated/α-hetero) is 1. The number of carbonyl (C=O) groups excluding carboxylic acids is 2. The molecule has 0 radical (unpaired) electrons. The third-order valence-electron chi connectivity index (χ3n) is 2.11. The Morgan fingerprint density at radius 2 is 2.12 bits per heavy atom. The molecule has 1 aromatic carbocycles. The Morgan fingerprint density at radius 1 is 1.41 bits per heavy atom. The van der Waals surface area contributed by atoms with Gasteiger partial charge in [-0.05, 0) is 35.0 Å². The number of alkyl halides is 1. The van der Waals surface area contributed by atoms with Crippen molar-refractivity contribution in [2.75, 3.05) is 12.5 Å². The zero-order valence-electron chi connectivity index (χ0n) is 9.33. The minimum absolute atomic E-state index is 0.0851. The summed E-state index contributed by atoms with van der Waals surface area (Å²) in [4.78, 5) is 23.2. The van der Waals surface area contributed by atoms with Gasteiger partial charge in [-0.3, -0.25) is 4.79 Å². The molecule has 0 atom stereocenters. The van der Waals surface area contributed by atoms with Crippen LogP contribution in [0.15, 0.2) is 22.7 Å². The predicted octanol–water partition coefficient (Wildman–Crippen LogP) is 3.44. The summed E-state index contributed by atoms with van der Waals surface area (Å²) in [7, 11) is 0. The van der Waals surface area contributed by atoms with Crippen LogP contribution >= 0.6 is 27.5 Å². The van der Waals surface area contributed by atoms with Crippen molar-refractivity contribution in [2.45, 2.75) is 13.3 Å². The lowest BCUT2D eigenvalue weighted by molar-refractivity contribution is 0.0525. The molecule has 1 rings (SSSR count). The molecule has 0 N–H and O–H groups in total. The lowest BCUT2D eigenvalue weighted by Crippen LogP contribution is -2.08. The van der Waals surface area contributed by atoms with Crippen LogP contribution in [-0.4, -0.2) is 24.2 Å². The highest BCUT2D eigenvalue weighted by atomic mass is 79.9. The van der Waals surface area contributed by atoms with E-state index in [9.17, 15) is 9.59 Å². The van der Waals surface area contributed by atoms with Crippen molar-refractivity contribution in [3.05, 3.63) is 33.8 Å². The fourth-order valence-corrected chi connectivity index (χ4v) is 1.87. The summed E-state index contributed by atoms with van der Waals surface area (Å²) in [5, 5.41) is 0. The first-order valence-corrected chi connectivity index (χ1v) is 6.48. The molecule has 0 saturated heterocycles. The Bertz CT molecular complexity index is 432. The van der Waals surface area contributed by atoms with Crippen LogP contribution in [0.1, 0.15) is 34.1 Å². The van der Waals surface area contributed by atoms with Crippen LogP contribution in [0.5, 0.6) is 0 Å². The zero-order valence-corrected chi connectivity index (χ0v) is 11.7. The number of rotatable bonds is 5. The molecule has 0 amide bonds. The van der Waals surface area contributed by atoms with E-state index in [4.69, 9.17) is 16.3 Å². The van der Waals surface area contributed by atoms with E-state index in [0.717, 1.165) is 0 Å². The third kappa shape index (κ3) is 3.82. The van der Waals surface area contributed by atoms with E-state index in [-0.39, 0.29) is 18.1 Å². The average molecular weight is 320 g/mol. The molecule has 0 heterocycles. The van der Waals surface area contributed by atoms with Gasteiger partial charge in [-0.2, -0.15) is 0 Å². The molecule has 0 spiro atoms. The number of ether oxygens (including phenoxy) is 1. The highest BCUT2D eigenvalue weighted by Crippen LogP contribution is 2.20. The Morgan fingerprint density at radius 3 is 2.71 bits per heavy atom. The number of benzene rings is 1. The fourth-order valence-electron chi connectivity index (χ4n) is 1.29. The highest BCUT2D eigenvalue weighted by molar-refractivity contribution is 9.10. The van der Waals surface area contributed by atoms with Crippen LogP contribution in [0, 0.1) is 0 Å². The number of hydrogen-bond donors (Lipinski definition) is 0. The van der Waals surface area contributed by atoms with Gasteiger partial charge in [0.1, 0.15) is 0 Å². The Balaban J connectivity index is 3.02. The van der Waals surface area contributed by atoms with E-state index in [2.05, 4.69) is 15.9 Å². The molecule has 1 aromatic rings.